The molecule has 6 heteroatoms. The number of carbonyl (C=O) groups is 2. The molecule has 1 aromatic rings. The number of aromatic nitrogens is 2. The van der Waals surface area contributed by atoms with Crippen LogP contribution in [0.5, 0.6) is 0 Å². The molecule has 1 N–H and O–H groups in total. The molecule has 0 saturated carbocycles. The van der Waals surface area contributed by atoms with E-state index in [1.54, 1.807) is 4.90 Å². The van der Waals surface area contributed by atoms with Crippen LogP contribution in [-0.4, -0.2) is 44.4 Å². The third-order valence-electron chi connectivity index (χ3n) is 3.27. The van der Waals surface area contributed by atoms with Crippen molar-refractivity contribution in [1.29, 1.82) is 0 Å². The number of aliphatic carboxylic acids is 1. The molecule has 96 valence electrons. The minimum atomic E-state index is -0.784. The van der Waals surface area contributed by atoms with Crippen LogP contribution in [0.2, 0.25) is 0 Å². The summed E-state index contributed by atoms with van der Waals surface area (Å²) >= 11 is 0. The molecule has 1 aliphatic heterocycles. The first-order chi connectivity index (χ1) is 8.59. The van der Waals surface area contributed by atoms with Gasteiger partial charge in [0, 0.05) is 25.0 Å². The highest BCUT2D eigenvalue weighted by molar-refractivity contribution is 5.92. The third-order valence-corrected chi connectivity index (χ3v) is 3.27. The zero-order valence-electron chi connectivity index (χ0n) is 10.1. The van der Waals surface area contributed by atoms with Crippen molar-refractivity contribution < 1.29 is 14.7 Å². The fourth-order valence-corrected chi connectivity index (χ4v) is 2.25. The van der Waals surface area contributed by atoms with Crippen LogP contribution in [0.25, 0.3) is 0 Å². The van der Waals surface area contributed by atoms with Crippen molar-refractivity contribution in [1.82, 2.24) is 14.9 Å². The van der Waals surface area contributed by atoms with Gasteiger partial charge in [0.2, 0.25) is 0 Å². The minimum Gasteiger partial charge on any atom is -0.481 e. The van der Waals surface area contributed by atoms with Gasteiger partial charge in [-0.2, -0.15) is 0 Å². The summed E-state index contributed by atoms with van der Waals surface area (Å²) in [5, 5.41) is 8.97. The Morgan fingerprint density at radius 2 is 2.22 bits per heavy atom. The van der Waals surface area contributed by atoms with Gasteiger partial charge in [-0.05, 0) is 19.8 Å². The van der Waals surface area contributed by atoms with E-state index in [0.29, 0.717) is 25.1 Å². The lowest BCUT2D eigenvalue weighted by Crippen LogP contribution is -2.46. The van der Waals surface area contributed by atoms with Gasteiger partial charge in [-0.1, -0.05) is 0 Å². The van der Waals surface area contributed by atoms with Gasteiger partial charge in [-0.15, -0.1) is 0 Å². The van der Waals surface area contributed by atoms with Crippen LogP contribution in [0.1, 0.15) is 30.3 Å². The number of piperidine rings is 1. The zero-order valence-corrected chi connectivity index (χ0v) is 10.1. The molecular weight excluding hydrogens is 234 g/mol. The summed E-state index contributed by atoms with van der Waals surface area (Å²) in [6, 6.07) is -0.0886. The standard InChI is InChI=1S/C12H15N3O3/c1-8-6-9(12(17)18)2-5-15(8)11(16)10-7-13-3-4-14-10/h3-4,7-9H,2,5-6H2,1H3,(H,17,18). The number of likely N-dealkylation sites (tertiary alicyclic amines) is 1. The molecule has 2 unspecified atom stereocenters. The van der Waals surface area contributed by atoms with Crippen molar-refractivity contribution >= 4 is 11.9 Å². The predicted octanol–water partition coefficient (Wildman–Crippen LogP) is 0.802. The summed E-state index contributed by atoms with van der Waals surface area (Å²) in [6.07, 6.45) is 5.39. The van der Waals surface area contributed by atoms with E-state index < -0.39 is 5.97 Å². The largest absolute Gasteiger partial charge is 0.481 e. The summed E-state index contributed by atoms with van der Waals surface area (Å²) in [6.45, 7) is 2.32. The number of carboxylic acid groups (broad SMARTS) is 1. The summed E-state index contributed by atoms with van der Waals surface area (Å²) in [7, 11) is 0. The maximum absolute atomic E-state index is 12.2. The van der Waals surface area contributed by atoms with Crippen molar-refractivity contribution in [3.63, 3.8) is 0 Å². The second-order valence-corrected chi connectivity index (χ2v) is 4.50. The average Bonchev–Trinajstić information content (AvgIpc) is 2.38. The maximum atomic E-state index is 12.2. The quantitative estimate of drug-likeness (QED) is 0.838. The number of nitrogens with zero attached hydrogens (tertiary/aromatic N) is 3. The Morgan fingerprint density at radius 1 is 1.44 bits per heavy atom. The van der Waals surface area contributed by atoms with Crippen LogP contribution >= 0.6 is 0 Å². The summed E-state index contributed by atoms with van der Waals surface area (Å²) < 4.78 is 0. The molecule has 1 fully saturated rings. The van der Waals surface area contributed by atoms with Crippen molar-refractivity contribution in [3.8, 4) is 0 Å². The number of hydrogen-bond acceptors (Lipinski definition) is 4. The molecule has 2 heterocycles. The van der Waals surface area contributed by atoms with Gasteiger partial charge in [-0.25, -0.2) is 4.98 Å². The van der Waals surface area contributed by atoms with Crippen molar-refractivity contribution in [2.45, 2.75) is 25.8 Å². The number of rotatable bonds is 2. The van der Waals surface area contributed by atoms with E-state index >= 15 is 0 Å². The highest BCUT2D eigenvalue weighted by atomic mass is 16.4. The lowest BCUT2D eigenvalue weighted by atomic mass is 9.91. The molecule has 1 saturated heterocycles. The van der Waals surface area contributed by atoms with Gasteiger partial charge in [0.15, 0.2) is 0 Å². The predicted molar refractivity (Wildman–Crippen MR) is 62.9 cm³/mol. The van der Waals surface area contributed by atoms with Crippen molar-refractivity contribution in [2.75, 3.05) is 6.54 Å². The first kappa shape index (κ1) is 12.5. The Hall–Kier alpha value is -1.98. The van der Waals surface area contributed by atoms with Crippen LogP contribution in [-0.2, 0) is 4.79 Å². The summed E-state index contributed by atoms with van der Waals surface area (Å²) in [5.41, 5.74) is 0.304. The fourth-order valence-electron chi connectivity index (χ4n) is 2.25. The molecule has 1 aromatic heterocycles. The van der Waals surface area contributed by atoms with E-state index in [0.717, 1.165) is 0 Å². The van der Waals surface area contributed by atoms with Gasteiger partial charge in [0.05, 0.1) is 12.1 Å². The lowest BCUT2D eigenvalue weighted by Gasteiger charge is -2.35. The van der Waals surface area contributed by atoms with Gasteiger partial charge < -0.3 is 10.0 Å². The number of amides is 1. The van der Waals surface area contributed by atoms with Crippen LogP contribution < -0.4 is 0 Å². The molecule has 0 radical (unpaired) electrons. The van der Waals surface area contributed by atoms with E-state index in [-0.39, 0.29) is 17.9 Å². The number of hydrogen-bond donors (Lipinski definition) is 1. The van der Waals surface area contributed by atoms with Gasteiger partial charge >= 0.3 is 5.97 Å². The molecule has 6 nitrogen and oxygen atoms in total. The summed E-state index contributed by atoms with van der Waals surface area (Å²) in [5.74, 6) is -1.32. The van der Waals surface area contributed by atoms with Gasteiger partial charge in [0.25, 0.3) is 5.91 Å². The Bertz CT molecular complexity index is 449. The Morgan fingerprint density at radius 3 is 2.78 bits per heavy atom. The van der Waals surface area contributed by atoms with E-state index in [4.69, 9.17) is 5.11 Å². The van der Waals surface area contributed by atoms with E-state index in [2.05, 4.69) is 9.97 Å². The molecule has 0 bridgehead atoms. The number of carbonyl (C=O) groups excluding carboxylic acids is 1. The lowest BCUT2D eigenvalue weighted by molar-refractivity contribution is -0.143. The van der Waals surface area contributed by atoms with Crippen LogP contribution in [0.4, 0.5) is 0 Å². The van der Waals surface area contributed by atoms with Crippen molar-refractivity contribution in [3.05, 3.63) is 24.3 Å². The van der Waals surface area contributed by atoms with E-state index in [1.165, 1.54) is 18.6 Å². The molecule has 0 aliphatic carbocycles. The molecule has 1 aliphatic rings. The smallest absolute Gasteiger partial charge is 0.306 e. The monoisotopic (exact) mass is 249 g/mol. The SMILES string of the molecule is CC1CC(C(=O)O)CCN1C(=O)c1cnccn1. The fraction of sp³-hybridized carbons (Fsp3) is 0.500. The molecule has 0 spiro atoms. The third kappa shape index (κ3) is 2.47. The maximum Gasteiger partial charge on any atom is 0.306 e. The molecule has 2 rings (SSSR count). The minimum absolute atomic E-state index is 0.0886. The molecule has 0 aromatic carbocycles. The Labute approximate surface area is 105 Å². The molecular formula is C12H15N3O3. The highest BCUT2D eigenvalue weighted by Crippen LogP contribution is 2.24. The molecule has 18 heavy (non-hydrogen) atoms. The zero-order chi connectivity index (χ0) is 13.1. The normalized spacial score (nSPS) is 23.7. The first-order valence-corrected chi connectivity index (χ1v) is 5.89. The Kier molecular flexibility index (Phi) is 3.55. The number of carboxylic acids is 1. The average molecular weight is 249 g/mol. The van der Waals surface area contributed by atoms with Crippen LogP contribution in [0.15, 0.2) is 18.6 Å². The molecule has 2 atom stereocenters. The Balaban J connectivity index is 2.07. The highest BCUT2D eigenvalue weighted by Gasteiger charge is 2.32. The molecule has 1 amide bonds. The van der Waals surface area contributed by atoms with Gasteiger partial charge in [0.1, 0.15) is 5.69 Å². The topological polar surface area (TPSA) is 83.4 Å². The first-order valence-electron chi connectivity index (χ1n) is 5.89. The second kappa shape index (κ2) is 5.12. The van der Waals surface area contributed by atoms with Crippen molar-refractivity contribution in [2.24, 2.45) is 5.92 Å². The summed E-state index contributed by atoms with van der Waals surface area (Å²) in [4.78, 5) is 32.6. The van der Waals surface area contributed by atoms with Crippen LogP contribution in [0.3, 0.4) is 0 Å². The second-order valence-electron chi connectivity index (χ2n) is 4.50. The van der Waals surface area contributed by atoms with Gasteiger partial charge in [-0.3, -0.25) is 14.6 Å². The van der Waals surface area contributed by atoms with Crippen LogP contribution in [0, 0.1) is 5.92 Å². The van der Waals surface area contributed by atoms with E-state index in [1.807, 2.05) is 6.92 Å². The van der Waals surface area contributed by atoms with E-state index in [9.17, 15) is 9.59 Å².